The summed E-state index contributed by atoms with van der Waals surface area (Å²) in [6.45, 7) is 0. The Morgan fingerprint density at radius 3 is 2.65 bits per heavy atom. The van der Waals surface area contributed by atoms with Gasteiger partial charge in [0.1, 0.15) is 0 Å². The highest BCUT2D eigenvalue weighted by Crippen LogP contribution is 2.25. The summed E-state index contributed by atoms with van der Waals surface area (Å²) in [6, 6.07) is 5.86. The van der Waals surface area contributed by atoms with Gasteiger partial charge in [-0.3, -0.25) is 4.21 Å². The Labute approximate surface area is 114 Å². The number of nitrogen functional groups attached to an aromatic ring is 1. The summed E-state index contributed by atoms with van der Waals surface area (Å²) in [4.78, 5) is 0. The summed E-state index contributed by atoms with van der Waals surface area (Å²) < 4.78 is 13.1. The second-order valence-electron chi connectivity index (χ2n) is 4.64. The van der Waals surface area contributed by atoms with Crippen LogP contribution in [0.4, 0.5) is 5.69 Å². The van der Waals surface area contributed by atoms with Crippen molar-refractivity contribution < 1.29 is 4.21 Å². The van der Waals surface area contributed by atoms with Gasteiger partial charge in [0.25, 0.3) is 0 Å². The first-order valence-corrected chi connectivity index (χ1v) is 8.25. The van der Waals surface area contributed by atoms with Crippen molar-refractivity contribution in [1.82, 2.24) is 0 Å². The molecule has 1 atom stereocenters. The lowest BCUT2D eigenvalue weighted by Crippen LogP contribution is -2.19. The average molecular weight is 316 g/mol. The smallest absolute Gasteiger partial charge is 0.0489 e. The summed E-state index contributed by atoms with van der Waals surface area (Å²) in [5.74, 6) is 0.641. The lowest BCUT2D eigenvalue weighted by Gasteiger charge is -2.21. The van der Waals surface area contributed by atoms with Crippen molar-refractivity contribution in [1.29, 1.82) is 0 Å². The van der Waals surface area contributed by atoms with E-state index in [0.29, 0.717) is 11.0 Å². The van der Waals surface area contributed by atoms with Crippen molar-refractivity contribution in [3.63, 3.8) is 0 Å². The number of benzene rings is 1. The minimum absolute atomic E-state index is 0.397. The maximum Gasteiger partial charge on any atom is 0.0489 e. The van der Waals surface area contributed by atoms with Crippen LogP contribution in [0.15, 0.2) is 22.7 Å². The zero-order valence-corrected chi connectivity index (χ0v) is 12.2. The molecule has 2 rings (SSSR count). The van der Waals surface area contributed by atoms with Crippen LogP contribution in [-0.2, 0) is 16.6 Å². The summed E-state index contributed by atoms with van der Waals surface area (Å²) in [6.07, 6.45) is 6.02. The quantitative estimate of drug-likeness (QED) is 0.866. The van der Waals surface area contributed by atoms with Gasteiger partial charge in [-0.1, -0.05) is 25.3 Å². The number of nitrogens with two attached hydrogens (primary N) is 1. The van der Waals surface area contributed by atoms with Gasteiger partial charge in [0.15, 0.2) is 0 Å². The molecule has 1 aliphatic carbocycles. The molecule has 0 bridgehead atoms. The molecule has 0 saturated heterocycles. The first-order valence-electron chi connectivity index (χ1n) is 6.08. The number of hydrogen-bond donors (Lipinski definition) is 1. The van der Waals surface area contributed by atoms with Crippen LogP contribution in [0.2, 0.25) is 0 Å². The average Bonchev–Trinajstić information content (AvgIpc) is 2.35. The van der Waals surface area contributed by atoms with Crippen LogP contribution < -0.4 is 5.73 Å². The standard InChI is InChI=1S/C13H18BrNOS/c14-12-7-6-10(8-13(12)15)9-17(16)11-4-2-1-3-5-11/h6-8,11H,1-5,9,15H2. The third kappa shape index (κ3) is 3.55. The van der Waals surface area contributed by atoms with E-state index in [0.717, 1.165) is 28.6 Å². The fraction of sp³-hybridized carbons (Fsp3) is 0.538. The Kier molecular flexibility index (Phi) is 4.62. The first kappa shape index (κ1) is 13.1. The number of rotatable bonds is 3. The van der Waals surface area contributed by atoms with Gasteiger partial charge in [0.05, 0.1) is 0 Å². The number of halogens is 1. The van der Waals surface area contributed by atoms with Crippen LogP contribution in [0, 0.1) is 0 Å². The summed E-state index contributed by atoms with van der Waals surface area (Å²) in [5.41, 5.74) is 7.63. The third-order valence-electron chi connectivity index (χ3n) is 3.29. The second-order valence-corrected chi connectivity index (χ2v) is 7.21. The lowest BCUT2D eigenvalue weighted by atomic mass is 10.0. The van der Waals surface area contributed by atoms with E-state index in [-0.39, 0.29) is 0 Å². The molecule has 2 N–H and O–H groups in total. The molecule has 1 fully saturated rings. The Morgan fingerprint density at radius 2 is 2.00 bits per heavy atom. The van der Waals surface area contributed by atoms with Gasteiger partial charge >= 0.3 is 0 Å². The highest BCUT2D eigenvalue weighted by molar-refractivity contribution is 9.10. The van der Waals surface area contributed by atoms with Gasteiger partial charge in [0.2, 0.25) is 0 Å². The van der Waals surface area contributed by atoms with Crippen molar-refractivity contribution in [2.45, 2.75) is 43.1 Å². The third-order valence-corrected chi connectivity index (χ3v) is 5.85. The van der Waals surface area contributed by atoms with Crippen molar-refractivity contribution in [3.05, 3.63) is 28.2 Å². The molecule has 2 nitrogen and oxygen atoms in total. The highest BCUT2D eigenvalue weighted by atomic mass is 79.9. The molecule has 1 aliphatic rings. The van der Waals surface area contributed by atoms with E-state index in [1.54, 1.807) is 0 Å². The zero-order chi connectivity index (χ0) is 12.3. The van der Waals surface area contributed by atoms with E-state index in [1.165, 1.54) is 19.3 Å². The van der Waals surface area contributed by atoms with E-state index >= 15 is 0 Å². The molecular formula is C13H18BrNOS. The molecule has 0 aliphatic heterocycles. The predicted octanol–water partition coefficient (Wildman–Crippen LogP) is 3.61. The fourth-order valence-corrected chi connectivity index (χ4v) is 4.14. The van der Waals surface area contributed by atoms with Crippen LogP contribution >= 0.6 is 15.9 Å². The normalized spacial score (nSPS) is 19.1. The predicted molar refractivity (Wildman–Crippen MR) is 77.3 cm³/mol. The lowest BCUT2D eigenvalue weighted by molar-refractivity contribution is 0.504. The molecule has 0 heterocycles. The van der Waals surface area contributed by atoms with Crippen molar-refractivity contribution >= 4 is 32.4 Å². The molecule has 0 amide bonds. The Bertz CT molecular complexity index is 416. The van der Waals surface area contributed by atoms with E-state index < -0.39 is 10.8 Å². The van der Waals surface area contributed by atoms with Crippen LogP contribution in [0.25, 0.3) is 0 Å². The molecule has 1 aromatic rings. The topological polar surface area (TPSA) is 43.1 Å². The van der Waals surface area contributed by atoms with Crippen molar-refractivity contribution in [3.8, 4) is 0 Å². The molecule has 1 saturated carbocycles. The highest BCUT2D eigenvalue weighted by Gasteiger charge is 2.19. The van der Waals surface area contributed by atoms with Gasteiger partial charge in [-0.25, -0.2) is 0 Å². The van der Waals surface area contributed by atoms with Gasteiger partial charge in [0, 0.05) is 32.0 Å². The molecule has 0 spiro atoms. The van der Waals surface area contributed by atoms with E-state index in [1.807, 2.05) is 18.2 Å². The van der Waals surface area contributed by atoms with Gasteiger partial charge in [-0.15, -0.1) is 0 Å². The Morgan fingerprint density at radius 1 is 1.29 bits per heavy atom. The molecule has 94 valence electrons. The van der Waals surface area contributed by atoms with Gasteiger partial charge < -0.3 is 5.73 Å². The van der Waals surface area contributed by atoms with E-state index in [4.69, 9.17) is 5.73 Å². The van der Waals surface area contributed by atoms with Crippen LogP contribution in [-0.4, -0.2) is 9.46 Å². The summed E-state index contributed by atoms with van der Waals surface area (Å²) >= 11 is 3.37. The molecule has 4 heteroatoms. The molecule has 0 aromatic heterocycles. The molecule has 1 aromatic carbocycles. The monoisotopic (exact) mass is 315 g/mol. The van der Waals surface area contributed by atoms with Crippen molar-refractivity contribution in [2.75, 3.05) is 5.73 Å². The summed E-state index contributed by atoms with van der Waals surface area (Å²) in [7, 11) is -0.743. The van der Waals surface area contributed by atoms with E-state index in [2.05, 4.69) is 15.9 Å². The van der Waals surface area contributed by atoms with E-state index in [9.17, 15) is 4.21 Å². The Hall–Kier alpha value is -0.350. The number of hydrogen-bond acceptors (Lipinski definition) is 2. The Balaban J connectivity index is 1.99. The maximum absolute atomic E-state index is 12.2. The van der Waals surface area contributed by atoms with Crippen LogP contribution in [0.5, 0.6) is 0 Å². The number of anilines is 1. The largest absolute Gasteiger partial charge is 0.398 e. The van der Waals surface area contributed by atoms with Crippen LogP contribution in [0.1, 0.15) is 37.7 Å². The molecule has 17 heavy (non-hydrogen) atoms. The molecular weight excluding hydrogens is 298 g/mol. The van der Waals surface area contributed by atoms with Gasteiger partial charge in [-0.2, -0.15) is 0 Å². The first-order chi connectivity index (χ1) is 8.16. The molecule has 1 unspecified atom stereocenters. The fourth-order valence-electron chi connectivity index (χ4n) is 2.29. The zero-order valence-electron chi connectivity index (χ0n) is 9.82. The summed E-state index contributed by atoms with van der Waals surface area (Å²) in [5, 5.41) is 0.397. The second kappa shape index (κ2) is 6.01. The minimum Gasteiger partial charge on any atom is -0.398 e. The van der Waals surface area contributed by atoms with Crippen molar-refractivity contribution in [2.24, 2.45) is 0 Å². The van der Waals surface area contributed by atoms with Crippen LogP contribution in [0.3, 0.4) is 0 Å². The maximum atomic E-state index is 12.2. The SMILES string of the molecule is Nc1cc(CS(=O)C2CCCCC2)ccc1Br. The molecule has 0 radical (unpaired) electrons. The van der Waals surface area contributed by atoms with Gasteiger partial charge in [-0.05, 0) is 46.5 Å². The minimum atomic E-state index is -0.743.